The Morgan fingerprint density at radius 3 is 2.50 bits per heavy atom. The highest BCUT2D eigenvalue weighted by Crippen LogP contribution is 2.18. The molecule has 1 rings (SSSR count). The highest BCUT2D eigenvalue weighted by atomic mass is 32.2. The number of hydrogen-bond donors (Lipinski definition) is 1. The first kappa shape index (κ1) is 11.5. The molecule has 1 aliphatic heterocycles. The summed E-state index contributed by atoms with van der Waals surface area (Å²) in [4.78, 5) is 13.3. The van der Waals surface area contributed by atoms with Crippen molar-refractivity contribution < 1.29 is 9.00 Å². The van der Waals surface area contributed by atoms with Gasteiger partial charge < -0.3 is 4.90 Å². The van der Waals surface area contributed by atoms with Crippen LogP contribution >= 0.6 is 0 Å². The highest BCUT2D eigenvalue weighted by molar-refractivity contribution is 7.92. The fraction of sp³-hybridized carbons (Fsp3) is 0.889. The summed E-state index contributed by atoms with van der Waals surface area (Å²) in [5, 5.41) is 0. The van der Waals surface area contributed by atoms with Gasteiger partial charge in [-0.25, -0.2) is 4.21 Å². The molecule has 4 nitrogen and oxygen atoms in total. The van der Waals surface area contributed by atoms with Gasteiger partial charge in [-0.2, -0.15) is 0 Å². The Labute approximate surface area is 85.6 Å². The lowest BCUT2D eigenvalue weighted by Gasteiger charge is -2.25. The molecule has 14 heavy (non-hydrogen) atoms. The summed E-state index contributed by atoms with van der Waals surface area (Å²) >= 11 is 0. The van der Waals surface area contributed by atoms with Crippen LogP contribution in [0.5, 0.6) is 0 Å². The first-order chi connectivity index (χ1) is 6.33. The lowest BCUT2D eigenvalue weighted by molar-refractivity contribution is -0.134. The summed E-state index contributed by atoms with van der Waals surface area (Å²) in [5.74, 6) is 0.837. The van der Waals surface area contributed by atoms with E-state index in [-0.39, 0.29) is 17.9 Å². The molecule has 0 aromatic heterocycles. The second-order valence-electron chi connectivity index (χ2n) is 4.23. The Bertz CT molecular complexity index is 322. The van der Waals surface area contributed by atoms with Gasteiger partial charge in [-0.3, -0.25) is 9.57 Å². The van der Waals surface area contributed by atoms with Gasteiger partial charge in [-0.15, -0.1) is 0 Å². The van der Waals surface area contributed by atoms with Crippen molar-refractivity contribution in [2.45, 2.75) is 26.3 Å². The zero-order valence-electron chi connectivity index (χ0n) is 8.95. The standard InChI is InChI=1S/C9H18N2O2S/c1-7(2)9(12)11(3)8-4-5-14(10,13)6-8/h7-8,10H,4-6H2,1-3H3. The molecule has 0 aromatic rings. The summed E-state index contributed by atoms with van der Waals surface area (Å²) in [5.41, 5.74) is 0. The van der Waals surface area contributed by atoms with Crippen molar-refractivity contribution in [1.29, 1.82) is 4.78 Å². The zero-order chi connectivity index (χ0) is 10.9. The zero-order valence-corrected chi connectivity index (χ0v) is 9.76. The number of hydrogen-bond acceptors (Lipinski definition) is 3. The van der Waals surface area contributed by atoms with E-state index in [2.05, 4.69) is 0 Å². The van der Waals surface area contributed by atoms with Crippen LogP contribution in [-0.2, 0) is 14.5 Å². The minimum Gasteiger partial charge on any atom is -0.342 e. The van der Waals surface area contributed by atoms with Crippen LogP contribution in [-0.4, -0.2) is 39.6 Å². The Kier molecular flexibility index (Phi) is 3.19. The van der Waals surface area contributed by atoms with Gasteiger partial charge in [0.2, 0.25) is 5.91 Å². The molecule has 1 saturated heterocycles. The topological polar surface area (TPSA) is 61.2 Å². The number of carbonyl (C=O) groups excluding carboxylic acids is 1. The molecule has 0 bridgehead atoms. The second-order valence-corrected chi connectivity index (χ2v) is 6.59. The monoisotopic (exact) mass is 218 g/mol. The lowest BCUT2D eigenvalue weighted by atomic mass is 10.1. The van der Waals surface area contributed by atoms with Crippen molar-refractivity contribution in [1.82, 2.24) is 4.90 Å². The molecule has 1 aliphatic rings. The predicted molar refractivity (Wildman–Crippen MR) is 56.6 cm³/mol. The molecule has 0 radical (unpaired) electrons. The van der Waals surface area contributed by atoms with Gasteiger partial charge in [0.1, 0.15) is 0 Å². The van der Waals surface area contributed by atoms with E-state index in [0.29, 0.717) is 17.9 Å². The fourth-order valence-electron chi connectivity index (χ4n) is 1.70. The van der Waals surface area contributed by atoms with E-state index in [0.717, 1.165) is 0 Å². The van der Waals surface area contributed by atoms with Crippen molar-refractivity contribution >= 4 is 15.6 Å². The average Bonchev–Trinajstić information content (AvgIpc) is 2.43. The van der Waals surface area contributed by atoms with E-state index < -0.39 is 9.73 Å². The number of carbonyl (C=O) groups is 1. The molecule has 1 N–H and O–H groups in total. The third kappa shape index (κ3) is 2.47. The Morgan fingerprint density at radius 1 is 1.57 bits per heavy atom. The van der Waals surface area contributed by atoms with Crippen molar-refractivity contribution in [2.75, 3.05) is 18.6 Å². The molecular weight excluding hydrogens is 200 g/mol. The van der Waals surface area contributed by atoms with Crippen LogP contribution in [0.3, 0.4) is 0 Å². The third-order valence-electron chi connectivity index (χ3n) is 2.63. The third-order valence-corrected chi connectivity index (χ3v) is 4.45. The van der Waals surface area contributed by atoms with Crippen molar-refractivity contribution in [3.63, 3.8) is 0 Å². The van der Waals surface area contributed by atoms with Gasteiger partial charge in [-0.05, 0) is 6.42 Å². The molecule has 0 saturated carbocycles. The van der Waals surface area contributed by atoms with E-state index in [4.69, 9.17) is 4.78 Å². The molecule has 1 amide bonds. The number of nitrogens with zero attached hydrogens (tertiary/aromatic N) is 1. The van der Waals surface area contributed by atoms with Crippen LogP contribution in [0.2, 0.25) is 0 Å². The first-order valence-corrected chi connectivity index (χ1v) is 6.74. The van der Waals surface area contributed by atoms with Crippen molar-refractivity contribution in [3.8, 4) is 0 Å². The summed E-state index contributed by atoms with van der Waals surface area (Å²) in [6.45, 7) is 3.71. The van der Waals surface area contributed by atoms with E-state index >= 15 is 0 Å². The minimum atomic E-state index is -2.39. The molecule has 5 heteroatoms. The van der Waals surface area contributed by atoms with Gasteiger partial charge in [0.05, 0.1) is 5.75 Å². The van der Waals surface area contributed by atoms with Crippen LogP contribution in [0.4, 0.5) is 0 Å². The molecule has 2 unspecified atom stereocenters. The molecule has 0 spiro atoms. The Hall–Kier alpha value is -0.580. The molecule has 0 aromatic carbocycles. The number of amides is 1. The van der Waals surface area contributed by atoms with Crippen LogP contribution in [0.1, 0.15) is 20.3 Å². The van der Waals surface area contributed by atoms with E-state index in [9.17, 15) is 9.00 Å². The van der Waals surface area contributed by atoms with Crippen LogP contribution in [0, 0.1) is 10.7 Å². The Morgan fingerprint density at radius 2 is 2.14 bits per heavy atom. The van der Waals surface area contributed by atoms with E-state index in [1.165, 1.54) is 0 Å². The molecule has 1 heterocycles. The fourth-order valence-corrected chi connectivity index (χ4v) is 3.53. The molecular formula is C9H18N2O2S. The van der Waals surface area contributed by atoms with Crippen molar-refractivity contribution in [2.24, 2.45) is 5.92 Å². The van der Waals surface area contributed by atoms with Crippen molar-refractivity contribution in [3.05, 3.63) is 0 Å². The van der Waals surface area contributed by atoms with Gasteiger partial charge in [0, 0.05) is 34.5 Å². The van der Waals surface area contributed by atoms with Crippen LogP contribution in [0.15, 0.2) is 0 Å². The molecule has 1 fully saturated rings. The highest BCUT2D eigenvalue weighted by Gasteiger charge is 2.31. The van der Waals surface area contributed by atoms with Gasteiger partial charge >= 0.3 is 0 Å². The molecule has 0 aliphatic carbocycles. The van der Waals surface area contributed by atoms with Gasteiger partial charge in [-0.1, -0.05) is 13.8 Å². The maximum atomic E-state index is 11.6. The summed E-state index contributed by atoms with van der Waals surface area (Å²) in [7, 11) is -0.650. The normalized spacial score (nSPS) is 32.1. The van der Waals surface area contributed by atoms with E-state index in [1.54, 1.807) is 11.9 Å². The predicted octanol–water partition coefficient (Wildman–Crippen LogP) is 0.920. The SMILES string of the molecule is CC(C)C(=O)N(C)C1CCS(=N)(=O)C1. The number of nitrogens with one attached hydrogen (secondary N) is 1. The quantitative estimate of drug-likeness (QED) is 0.749. The van der Waals surface area contributed by atoms with Gasteiger partial charge in [0.15, 0.2) is 0 Å². The molecule has 82 valence electrons. The summed E-state index contributed by atoms with van der Waals surface area (Å²) in [6.07, 6.45) is 0.706. The maximum absolute atomic E-state index is 11.6. The largest absolute Gasteiger partial charge is 0.342 e. The second kappa shape index (κ2) is 3.88. The minimum absolute atomic E-state index is 0.00917. The molecule has 2 atom stereocenters. The first-order valence-electron chi connectivity index (χ1n) is 4.84. The van der Waals surface area contributed by atoms with Crippen LogP contribution < -0.4 is 0 Å². The lowest BCUT2D eigenvalue weighted by Crippen LogP contribution is -2.40. The number of rotatable bonds is 2. The average molecular weight is 218 g/mol. The summed E-state index contributed by atoms with van der Waals surface area (Å²) in [6, 6.07) is 0.00917. The summed E-state index contributed by atoms with van der Waals surface area (Å²) < 4.78 is 18.9. The smallest absolute Gasteiger partial charge is 0.225 e. The van der Waals surface area contributed by atoms with Crippen LogP contribution in [0.25, 0.3) is 0 Å². The van der Waals surface area contributed by atoms with Gasteiger partial charge in [0.25, 0.3) is 0 Å². The Balaban J connectivity index is 2.64. The maximum Gasteiger partial charge on any atom is 0.225 e. The van der Waals surface area contributed by atoms with E-state index in [1.807, 2.05) is 13.8 Å².